The van der Waals surface area contributed by atoms with Crippen molar-refractivity contribution < 1.29 is 14.7 Å². The van der Waals surface area contributed by atoms with E-state index < -0.39 is 11.5 Å². The highest BCUT2D eigenvalue weighted by Crippen LogP contribution is 2.17. The Balaban J connectivity index is 2.52. The van der Waals surface area contributed by atoms with Gasteiger partial charge in [0.1, 0.15) is 5.54 Å². The van der Waals surface area contributed by atoms with E-state index in [1.807, 2.05) is 37.3 Å². The third-order valence-corrected chi connectivity index (χ3v) is 3.55. The molecule has 1 aromatic rings. The van der Waals surface area contributed by atoms with Crippen LogP contribution in [0, 0.1) is 0 Å². The van der Waals surface area contributed by atoms with Gasteiger partial charge in [0, 0.05) is 12.5 Å². The highest BCUT2D eigenvalue weighted by atomic mass is 16.4. The summed E-state index contributed by atoms with van der Waals surface area (Å²) in [4.78, 5) is 23.2. The molecule has 0 aliphatic carbocycles. The Morgan fingerprint density at radius 1 is 1.33 bits per heavy atom. The molecule has 0 heterocycles. The molecular weight excluding hydrogens is 268 g/mol. The summed E-state index contributed by atoms with van der Waals surface area (Å²) in [6.07, 6.45) is 1.78. The van der Waals surface area contributed by atoms with Gasteiger partial charge in [0.05, 0.1) is 0 Å². The molecule has 21 heavy (non-hydrogen) atoms. The van der Waals surface area contributed by atoms with Gasteiger partial charge in [-0.05, 0) is 25.3 Å². The zero-order valence-corrected chi connectivity index (χ0v) is 12.6. The summed E-state index contributed by atoms with van der Waals surface area (Å²) in [7, 11) is 0. The van der Waals surface area contributed by atoms with Gasteiger partial charge in [0.25, 0.3) is 0 Å². The van der Waals surface area contributed by atoms with Crippen molar-refractivity contribution in [3.63, 3.8) is 0 Å². The molecule has 0 radical (unpaired) electrons. The number of carboxylic acids is 1. The van der Waals surface area contributed by atoms with Gasteiger partial charge in [-0.15, -0.1) is 0 Å². The largest absolute Gasteiger partial charge is 0.480 e. The van der Waals surface area contributed by atoms with Crippen LogP contribution in [-0.4, -0.2) is 22.5 Å². The topological polar surface area (TPSA) is 92.4 Å². The van der Waals surface area contributed by atoms with Gasteiger partial charge < -0.3 is 16.2 Å². The van der Waals surface area contributed by atoms with Crippen LogP contribution in [0.25, 0.3) is 0 Å². The minimum absolute atomic E-state index is 0.211. The van der Waals surface area contributed by atoms with Crippen LogP contribution in [0.4, 0.5) is 0 Å². The first-order chi connectivity index (χ1) is 9.89. The van der Waals surface area contributed by atoms with E-state index in [4.69, 9.17) is 5.73 Å². The van der Waals surface area contributed by atoms with Crippen molar-refractivity contribution in [1.29, 1.82) is 0 Å². The molecule has 1 amide bonds. The van der Waals surface area contributed by atoms with E-state index in [2.05, 4.69) is 5.32 Å². The van der Waals surface area contributed by atoms with Gasteiger partial charge in [0.15, 0.2) is 0 Å². The third kappa shape index (κ3) is 5.19. The first-order valence-electron chi connectivity index (χ1n) is 7.24. The highest BCUT2D eigenvalue weighted by Gasteiger charge is 2.33. The van der Waals surface area contributed by atoms with Gasteiger partial charge >= 0.3 is 5.97 Å². The maximum absolute atomic E-state index is 11.9. The predicted octanol–water partition coefficient (Wildman–Crippen LogP) is 2.23. The van der Waals surface area contributed by atoms with Gasteiger partial charge in [-0.1, -0.05) is 43.7 Å². The zero-order valence-electron chi connectivity index (χ0n) is 12.6. The molecule has 5 heteroatoms. The van der Waals surface area contributed by atoms with Crippen molar-refractivity contribution in [3.05, 3.63) is 35.9 Å². The minimum atomic E-state index is -1.21. The minimum Gasteiger partial charge on any atom is -0.480 e. The van der Waals surface area contributed by atoms with Gasteiger partial charge in [-0.3, -0.25) is 4.79 Å². The Labute approximate surface area is 125 Å². The van der Waals surface area contributed by atoms with Crippen molar-refractivity contribution >= 4 is 11.9 Å². The third-order valence-electron chi connectivity index (χ3n) is 3.55. The number of benzene rings is 1. The Morgan fingerprint density at radius 2 is 1.95 bits per heavy atom. The highest BCUT2D eigenvalue weighted by molar-refractivity contribution is 5.86. The average molecular weight is 292 g/mol. The number of nitrogens with one attached hydrogen (secondary N) is 1. The van der Waals surface area contributed by atoms with Crippen molar-refractivity contribution in [2.24, 2.45) is 5.73 Å². The van der Waals surface area contributed by atoms with Crippen LogP contribution in [0.1, 0.15) is 51.1 Å². The summed E-state index contributed by atoms with van der Waals surface area (Å²) in [5.74, 6) is -1.29. The van der Waals surface area contributed by atoms with Crippen LogP contribution in [0.2, 0.25) is 0 Å². The maximum atomic E-state index is 11.9. The molecule has 4 N–H and O–H groups in total. The number of carboxylic acid groups (broad SMARTS) is 1. The van der Waals surface area contributed by atoms with E-state index in [0.29, 0.717) is 19.3 Å². The number of amides is 1. The molecular formula is C16H24N2O3. The lowest BCUT2D eigenvalue weighted by Gasteiger charge is -2.26. The fraction of sp³-hybridized carbons (Fsp3) is 0.500. The summed E-state index contributed by atoms with van der Waals surface area (Å²) < 4.78 is 0. The molecule has 0 aliphatic heterocycles. The molecule has 0 saturated heterocycles. The molecule has 0 saturated carbocycles. The number of carbonyl (C=O) groups is 2. The second-order valence-corrected chi connectivity index (χ2v) is 5.49. The van der Waals surface area contributed by atoms with E-state index in [1.165, 1.54) is 6.92 Å². The van der Waals surface area contributed by atoms with Crippen LogP contribution in [0.3, 0.4) is 0 Å². The normalized spacial score (nSPS) is 15.0. The lowest BCUT2D eigenvalue weighted by Crippen LogP contribution is -2.52. The van der Waals surface area contributed by atoms with Gasteiger partial charge in [-0.25, -0.2) is 4.79 Å². The Bertz CT molecular complexity index is 476. The van der Waals surface area contributed by atoms with E-state index in [-0.39, 0.29) is 18.4 Å². The van der Waals surface area contributed by atoms with E-state index >= 15 is 0 Å². The second kappa shape index (κ2) is 7.78. The van der Waals surface area contributed by atoms with Crippen LogP contribution in [-0.2, 0) is 9.59 Å². The van der Waals surface area contributed by atoms with Crippen LogP contribution >= 0.6 is 0 Å². The number of rotatable bonds is 8. The van der Waals surface area contributed by atoms with Crippen molar-refractivity contribution in [2.75, 3.05) is 0 Å². The SMILES string of the molecule is CCCC(C)(NC(=O)CCC(N)c1ccccc1)C(=O)O. The fourth-order valence-electron chi connectivity index (χ4n) is 2.25. The molecule has 1 rings (SSSR count). The molecule has 0 fully saturated rings. The molecule has 116 valence electrons. The quantitative estimate of drug-likeness (QED) is 0.685. The summed E-state index contributed by atoms with van der Waals surface area (Å²) in [5, 5.41) is 11.8. The van der Waals surface area contributed by atoms with Gasteiger partial charge in [-0.2, -0.15) is 0 Å². The number of aliphatic carboxylic acids is 1. The van der Waals surface area contributed by atoms with E-state index in [9.17, 15) is 14.7 Å². The standard InChI is InChI=1S/C16H24N2O3/c1-3-11-16(2,15(20)21)18-14(19)10-9-13(17)12-7-5-4-6-8-12/h4-8,13H,3,9-11,17H2,1-2H3,(H,18,19)(H,20,21). The summed E-state index contributed by atoms with van der Waals surface area (Å²) in [6.45, 7) is 3.42. The number of hydrogen-bond donors (Lipinski definition) is 3. The lowest BCUT2D eigenvalue weighted by molar-refractivity contribution is -0.147. The van der Waals surface area contributed by atoms with Crippen molar-refractivity contribution in [1.82, 2.24) is 5.32 Å². The average Bonchev–Trinajstić information content (AvgIpc) is 2.45. The van der Waals surface area contributed by atoms with E-state index in [1.54, 1.807) is 0 Å². The first-order valence-corrected chi connectivity index (χ1v) is 7.24. The molecule has 5 nitrogen and oxygen atoms in total. The summed E-state index contributed by atoms with van der Waals surface area (Å²) >= 11 is 0. The van der Waals surface area contributed by atoms with Crippen LogP contribution < -0.4 is 11.1 Å². The number of hydrogen-bond acceptors (Lipinski definition) is 3. The fourth-order valence-corrected chi connectivity index (χ4v) is 2.25. The number of nitrogens with two attached hydrogens (primary N) is 1. The summed E-state index contributed by atoms with van der Waals surface area (Å²) in [6, 6.07) is 9.32. The van der Waals surface area contributed by atoms with E-state index in [0.717, 1.165) is 5.56 Å². The molecule has 0 aromatic heterocycles. The molecule has 2 atom stereocenters. The molecule has 1 aromatic carbocycles. The lowest BCUT2D eigenvalue weighted by atomic mass is 9.95. The van der Waals surface area contributed by atoms with Crippen molar-refractivity contribution in [3.8, 4) is 0 Å². The maximum Gasteiger partial charge on any atom is 0.329 e. The Hall–Kier alpha value is -1.88. The predicted molar refractivity (Wildman–Crippen MR) is 81.7 cm³/mol. The van der Waals surface area contributed by atoms with Crippen LogP contribution in [0.15, 0.2) is 30.3 Å². The first kappa shape index (κ1) is 17.2. The molecule has 0 spiro atoms. The summed E-state index contributed by atoms with van der Waals surface area (Å²) in [5.41, 5.74) is 5.80. The van der Waals surface area contributed by atoms with Crippen LogP contribution in [0.5, 0.6) is 0 Å². The van der Waals surface area contributed by atoms with Gasteiger partial charge in [0.2, 0.25) is 5.91 Å². The molecule has 0 bridgehead atoms. The Kier molecular flexibility index (Phi) is 6.37. The molecule has 2 unspecified atom stereocenters. The molecule has 0 aliphatic rings. The Morgan fingerprint density at radius 3 is 2.48 bits per heavy atom. The number of carbonyl (C=O) groups excluding carboxylic acids is 1. The monoisotopic (exact) mass is 292 g/mol. The van der Waals surface area contributed by atoms with Crippen molar-refractivity contribution in [2.45, 2.75) is 51.1 Å². The zero-order chi connectivity index (χ0) is 15.9. The smallest absolute Gasteiger partial charge is 0.329 e. The second-order valence-electron chi connectivity index (χ2n) is 5.49.